The van der Waals surface area contributed by atoms with Crippen LogP contribution in [-0.4, -0.2) is 47.7 Å². The van der Waals surface area contributed by atoms with E-state index in [0.29, 0.717) is 5.82 Å². The zero-order chi connectivity index (χ0) is 20.1. The summed E-state index contributed by atoms with van der Waals surface area (Å²) in [4.78, 5) is 21.6. The molecule has 2 aromatic heterocycles. The molecule has 0 spiro atoms. The van der Waals surface area contributed by atoms with E-state index in [1.165, 1.54) is 32.4 Å². The van der Waals surface area contributed by atoms with Gasteiger partial charge in [-0.05, 0) is 30.3 Å². The minimum Gasteiger partial charge on any atom is -0.348 e. The molecular weight excluding hydrogens is 382 g/mol. The smallest absolute Gasteiger partial charge is 0.264 e. The van der Waals surface area contributed by atoms with Gasteiger partial charge in [0.15, 0.2) is 5.82 Å². The summed E-state index contributed by atoms with van der Waals surface area (Å²) in [6.45, 7) is 0.205. The topological polar surface area (TPSA) is 106 Å². The van der Waals surface area contributed by atoms with Crippen LogP contribution in [0.3, 0.4) is 0 Å². The number of carbonyl (C=O) groups excluding carboxylic acids is 1. The Morgan fingerprint density at radius 1 is 1.21 bits per heavy atom. The molecule has 3 rings (SSSR count). The third-order valence-electron chi connectivity index (χ3n) is 4.02. The number of hydrogen-bond acceptors (Lipinski definition) is 6. The zero-order valence-electron chi connectivity index (χ0n) is 15.3. The van der Waals surface area contributed by atoms with Crippen LogP contribution in [-0.2, 0) is 21.4 Å². The number of nitrogens with zero attached hydrogens (tertiary/aromatic N) is 4. The molecule has 0 aliphatic rings. The molecule has 0 atom stereocenters. The van der Waals surface area contributed by atoms with Crippen molar-refractivity contribution in [3.8, 4) is 5.82 Å². The Morgan fingerprint density at radius 2 is 2.04 bits per heavy atom. The Labute approximate surface area is 162 Å². The predicted molar refractivity (Wildman–Crippen MR) is 101 cm³/mol. The van der Waals surface area contributed by atoms with Gasteiger partial charge in [-0.25, -0.2) is 18.1 Å². The van der Waals surface area contributed by atoms with Crippen LogP contribution in [0.2, 0.25) is 0 Å². The van der Waals surface area contributed by atoms with Crippen molar-refractivity contribution in [3.05, 3.63) is 72.2 Å². The molecule has 0 bridgehead atoms. The quantitative estimate of drug-likeness (QED) is 0.600. The number of nitrogens with one attached hydrogen (secondary N) is 1. The fraction of sp³-hybridized carbons (Fsp3) is 0.167. The van der Waals surface area contributed by atoms with Gasteiger partial charge in [0, 0.05) is 43.3 Å². The van der Waals surface area contributed by atoms with Crippen LogP contribution >= 0.6 is 0 Å². The lowest BCUT2D eigenvalue weighted by molar-refractivity contribution is -0.0258. The van der Waals surface area contributed by atoms with Gasteiger partial charge in [-0.15, -0.1) is 0 Å². The van der Waals surface area contributed by atoms with Gasteiger partial charge in [0.05, 0.1) is 12.0 Å². The first-order valence-corrected chi connectivity index (χ1v) is 9.72. The van der Waals surface area contributed by atoms with Gasteiger partial charge in [0.25, 0.3) is 15.9 Å². The lowest BCUT2D eigenvalue weighted by Crippen LogP contribution is -2.27. The predicted octanol–water partition coefficient (Wildman–Crippen LogP) is 1.38. The largest absolute Gasteiger partial charge is 0.348 e. The molecule has 1 N–H and O–H groups in total. The molecule has 0 unspecified atom stereocenters. The van der Waals surface area contributed by atoms with Crippen molar-refractivity contribution in [1.29, 1.82) is 0 Å². The number of rotatable bonds is 7. The molecule has 1 aromatic carbocycles. The summed E-state index contributed by atoms with van der Waals surface area (Å²) < 4.78 is 27.0. The van der Waals surface area contributed by atoms with Crippen LogP contribution in [0.1, 0.15) is 15.9 Å². The summed E-state index contributed by atoms with van der Waals surface area (Å²) >= 11 is 0. The van der Waals surface area contributed by atoms with Crippen LogP contribution < -0.4 is 5.32 Å². The van der Waals surface area contributed by atoms with Crippen molar-refractivity contribution in [2.75, 3.05) is 14.2 Å². The van der Waals surface area contributed by atoms with E-state index in [2.05, 4.69) is 15.4 Å². The van der Waals surface area contributed by atoms with Crippen LogP contribution in [0.4, 0.5) is 0 Å². The average Bonchev–Trinajstić information content (AvgIpc) is 3.26. The van der Waals surface area contributed by atoms with E-state index in [4.69, 9.17) is 4.84 Å². The number of sulfonamides is 1. The molecule has 10 heteroatoms. The lowest BCUT2D eigenvalue weighted by Gasteiger charge is -2.14. The number of pyridine rings is 1. The second-order valence-corrected chi connectivity index (χ2v) is 7.68. The van der Waals surface area contributed by atoms with Crippen LogP contribution in [0.5, 0.6) is 0 Å². The second kappa shape index (κ2) is 8.30. The molecule has 146 valence electrons. The highest BCUT2D eigenvalue weighted by Crippen LogP contribution is 2.16. The van der Waals surface area contributed by atoms with Crippen molar-refractivity contribution >= 4 is 15.9 Å². The standard InChI is InChI=1S/C18H19N5O4S/c1-22(27-2)28(25,26)16-8-3-6-14(12-16)18(24)20-13-15-7-4-9-19-17(15)23-11-5-10-21-23/h3-12H,13H2,1-2H3,(H,20,24). The van der Waals surface area contributed by atoms with Crippen LogP contribution in [0.25, 0.3) is 5.82 Å². The van der Waals surface area contributed by atoms with E-state index in [9.17, 15) is 13.2 Å². The summed E-state index contributed by atoms with van der Waals surface area (Å²) in [5.74, 6) is 0.193. The van der Waals surface area contributed by atoms with Crippen molar-refractivity contribution in [2.45, 2.75) is 11.4 Å². The molecule has 0 saturated carbocycles. The lowest BCUT2D eigenvalue weighted by atomic mass is 10.2. The van der Waals surface area contributed by atoms with Gasteiger partial charge in [0.1, 0.15) is 0 Å². The number of amides is 1. The highest BCUT2D eigenvalue weighted by Gasteiger charge is 2.22. The van der Waals surface area contributed by atoms with Gasteiger partial charge >= 0.3 is 0 Å². The third-order valence-corrected chi connectivity index (χ3v) is 5.69. The molecule has 3 aromatic rings. The number of hydrogen-bond donors (Lipinski definition) is 1. The van der Waals surface area contributed by atoms with Crippen molar-refractivity contribution in [1.82, 2.24) is 24.5 Å². The second-order valence-electron chi connectivity index (χ2n) is 5.74. The summed E-state index contributed by atoms with van der Waals surface area (Å²) in [5, 5.41) is 6.93. The van der Waals surface area contributed by atoms with Gasteiger partial charge < -0.3 is 5.32 Å². The van der Waals surface area contributed by atoms with Crippen LogP contribution in [0, 0.1) is 0 Å². The monoisotopic (exact) mass is 401 g/mol. The normalized spacial score (nSPS) is 11.5. The van der Waals surface area contributed by atoms with Gasteiger partial charge in [-0.2, -0.15) is 5.10 Å². The molecule has 0 aliphatic carbocycles. The number of benzene rings is 1. The Kier molecular flexibility index (Phi) is 5.83. The molecule has 0 fully saturated rings. The first kappa shape index (κ1) is 19.7. The van der Waals surface area contributed by atoms with E-state index in [0.717, 1.165) is 10.0 Å². The van der Waals surface area contributed by atoms with E-state index in [-0.39, 0.29) is 17.0 Å². The van der Waals surface area contributed by atoms with Gasteiger partial charge in [-0.1, -0.05) is 16.6 Å². The highest BCUT2D eigenvalue weighted by molar-refractivity contribution is 7.89. The number of carbonyl (C=O) groups is 1. The number of aromatic nitrogens is 3. The summed E-state index contributed by atoms with van der Waals surface area (Å²) in [6.07, 6.45) is 5.04. The molecular formula is C18H19N5O4S. The Morgan fingerprint density at radius 3 is 2.75 bits per heavy atom. The van der Waals surface area contributed by atoms with Gasteiger partial charge in [0.2, 0.25) is 0 Å². The molecule has 9 nitrogen and oxygen atoms in total. The molecule has 0 saturated heterocycles. The molecule has 1 amide bonds. The fourth-order valence-corrected chi connectivity index (χ4v) is 3.51. The van der Waals surface area contributed by atoms with Gasteiger partial charge in [-0.3, -0.25) is 9.63 Å². The first-order chi connectivity index (χ1) is 13.4. The summed E-state index contributed by atoms with van der Waals surface area (Å²) in [6, 6.07) is 11.1. The highest BCUT2D eigenvalue weighted by atomic mass is 32.2. The fourth-order valence-electron chi connectivity index (χ4n) is 2.49. The third kappa shape index (κ3) is 4.09. The van der Waals surface area contributed by atoms with E-state index >= 15 is 0 Å². The molecule has 0 aliphatic heterocycles. The Balaban J connectivity index is 1.78. The maximum absolute atomic E-state index is 12.5. The minimum absolute atomic E-state index is 0.0388. The van der Waals surface area contributed by atoms with E-state index in [1.807, 2.05) is 6.07 Å². The summed E-state index contributed by atoms with van der Waals surface area (Å²) in [5.41, 5.74) is 0.984. The number of hydroxylamine groups is 1. The summed E-state index contributed by atoms with van der Waals surface area (Å²) in [7, 11) is -1.31. The maximum atomic E-state index is 12.5. The SMILES string of the molecule is CON(C)S(=O)(=O)c1cccc(C(=O)NCc2cccnc2-n2cccn2)c1. The Bertz CT molecular complexity index is 1070. The molecule has 2 heterocycles. The van der Waals surface area contributed by atoms with Crippen molar-refractivity contribution in [3.63, 3.8) is 0 Å². The maximum Gasteiger partial charge on any atom is 0.264 e. The van der Waals surface area contributed by atoms with Crippen molar-refractivity contribution < 1.29 is 18.0 Å². The van der Waals surface area contributed by atoms with E-state index in [1.54, 1.807) is 41.5 Å². The van der Waals surface area contributed by atoms with Crippen LogP contribution in [0.15, 0.2) is 66.0 Å². The minimum atomic E-state index is -3.84. The van der Waals surface area contributed by atoms with E-state index < -0.39 is 15.9 Å². The first-order valence-electron chi connectivity index (χ1n) is 8.28. The average molecular weight is 401 g/mol. The molecule has 0 radical (unpaired) electrons. The molecule has 28 heavy (non-hydrogen) atoms. The Hall–Kier alpha value is -3.08. The zero-order valence-corrected chi connectivity index (χ0v) is 16.1. The van der Waals surface area contributed by atoms with Crippen molar-refractivity contribution in [2.24, 2.45) is 0 Å².